The summed E-state index contributed by atoms with van der Waals surface area (Å²) >= 11 is 0. The summed E-state index contributed by atoms with van der Waals surface area (Å²) in [5, 5.41) is 0. The van der Waals surface area contributed by atoms with E-state index in [1.807, 2.05) is 60.7 Å². The highest BCUT2D eigenvalue weighted by atomic mass is 16.4. The highest BCUT2D eigenvalue weighted by Gasteiger charge is 2.06. The molecule has 2 nitrogen and oxygen atoms in total. The molecule has 0 bridgehead atoms. The van der Waals surface area contributed by atoms with Crippen molar-refractivity contribution < 1.29 is 9.45 Å². The Hall–Kier alpha value is -2.29. The van der Waals surface area contributed by atoms with Crippen LogP contribution in [0.4, 0.5) is 0 Å². The molecule has 0 atom stereocenters. The first-order chi connectivity index (χ1) is 9.20. The van der Waals surface area contributed by atoms with Crippen molar-refractivity contribution in [1.82, 2.24) is 0 Å². The van der Waals surface area contributed by atoms with Crippen molar-refractivity contribution in [3.8, 4) is 5.75 Å². The molecule has 94 valence electrons. The van der Waals surface area contributed by atoms with E-state index < -0.39 is 0 Å². The maximum Gasteiger partial charge on any atom is 0.322 e. The van der Waals surface area contributed by atoms with Crippen molar-refractivity contribution >= 4 is 25.5 Å². The first-order valence-electron chi connectivity index (χ1n) is 6.13. The van der Waals surface area contributed by atoms with Crippen LogP contribution in [0.1, 0.15) is 18.1 Å². The summed E-state index contributed by atoms with van der Waals surface area (Å²) in [5.74, 6) is 0.864. The Labute approximate surface area is 114 Å². The normalized spacial score (nSPS) is 11.1. The molecule has 0 saturated carbocycles. The summed E-state index contributed by atoms with van der Waals surface area (Å²) in [6.07, 6.45) is 1.90. The summed E-state index contributed by atoms with van der Waals surface area (Å²) in [5.41, 5.74) is 2.63. The summed E-state index contributed by atoms with van der Waals surface area (Å²) in [6, 6.07) is 17.3. The third kappa shape index (κ3) is 3.35. The van der Waals surface area contributed by atoms with Crippen LogP contribution in [-0.4, -0.2) is 13.8 Å². The van der Waals surface area contributed by atoms with Gasteiger partial charge in [-0.05, 0) is 36.3 Å². The van der Waals surface area contributed by atoms with Gasteiger partial charge in [-0.2, -0.15) is 0 Å². The Balaban J connectivity index is 2.38. The zero-order chi connectivity index (χ0) is 13.7. The first-order valence-corrected chi connectivity index (χ1v) is 6.13. The molecular weight excluding hydrogens is 235 g/mol. The minimum atomic E-state index is 0.0574. The van der Waals surface area contributed by atoms with Crippen LogP contribution in [0.5, 0.6) is 5.75 Å². The van der Waals surface area contributed by atoms with E-state index >= 15 is 0 Å². The smallest absolute Gasteiger partial charge is 0.322 e. The maximum atomic E-state index is 11.8. The average Bonchev–Trinajstić information content (AvgIpc) is 2.46. The minimum absolute atomic E-state index is 0.0574. The molecule has 3 heteroatoms. The number of Topliss-reactive ketones (excluding diaryl/α,β-unsaturated/α-hetero) is 1. The van der Waals surface area contributed by atoms with E-state index in [1.165, 1.54) is 0 Å². The van der Waals surface area contributed by atoms with Crippen LogP contribution < -0.4 is 4.65 Å². The van der Waals surface area contributed by atoms with E-state index in [4.69, 9.17) is 4.65 Å². The molecule has 0 amide bonds. The summed E-state index contributed by atoms with van der Waals surface area (Å²) in [4.78, 5) is 11.8. The van der Waals surface area contributed by atoms with Crippen LogP contribution in [0.3, 0.4) is 0 Å². The van der Waals surface area contributed by atoms with E-state index in [1.54, 1.807) is 15.0 Å². The number of carbonyl (C=O) groups is 1. The molecule has 0 radical (unpaired) electrons. The summed E-state index contributed by atoms with van der Waals surface area (Å²) < 4.78 is 5.12. The van der Waals surface area contributed by atoms with Gasteiger partial charge in [-0.3, -0.25) is 4.79 Å². The van der Waals surface area contributed by atoms with Crippen LogP contribution >= 0.6 is 0 Å². The fraction of sp³-hybridized carbons (Fsp3) is 0.0625. The van der Waals surface area contributed by atoms with E-state index in [0.717, 1.165) is 16.9 Å². The second-order valence-electron chi connectivity index (χ2n) is 4.25. The maximum absolute atomic E-state index is 11.8. The molecule has 0 fully saturated rings. The number of rotatable bonds is 4. The standard InChI is InChI=1S/C16H15BO2/c1-12(18)16(14-5-3-2-4-6-14)11-13-7-9-15(19-17)10-8-13/h2-11H,17H2,1H3. The van der Waals surface area contributed by atoms with Crippen LogP contribution in [0.25, 0.3) is 11.6 Å². The summed E-state index contributed by atoms with van der Waals surface area (Å²) in [6.45, 7) is 1.59. The second kappa shape index (κ2) is 6.05. The van der Waals surface area contributed by atoms with Crippen molar-refractivity contribution in [3.05, 3.63) is 65.7 Å². The largest absolute Gasteiger partial charge is 0.568 e. The van der Waals surface area contributed by atoms with E-state index in [-0.39, 0.29) is 5.78 Å². The Morgan fingerprint density at radius 3 is 2.21 bits per heavy atom. The Morgan fingerprint density at radius 1 is 1.05 bits per heavy atom. The molecule has 0 saturated heterocycles. The minimum Gasteiger partial charge on any atom is -0.568 e. The molecule has 0 aliphatic carbocycles. The molecule has 0 aliphatic heterocycles. The Morgan fingerprint density at radius 2 is 1.68 bits per heavy atom. The zero-order valence-electron chi connectivity index (χ0n) is 11.1. The predicted molar refractivity (Wildman–Crippen MR) is 80.6 cm³/mol. The van der Waals surface area contributed by atoms with Gasteiger partial charge in [0.2, 0.25) is 0 Å². The molecule has 0 N–H and O–H groups in total. The van der Waals surface area contributed by atoms with Crippen LogP contribution in [0, 0.1) is 0 Å². The monoisotopic (exact) mass is 250 g/mol. The quantitative estimate of drug-likeness (QED) is 0.473. The number of carbonyl (C=O) groups excluding carboxylic acids is 1. The lowest BCUT2D eigenvalue weighted by molar-refractivity contribution is -0.111. The number of benzene rings is 2. The summed E-state index contributed by atoms with van der Waals surface area (Å²) in [7, 11) is 1.63. The molecule has 0 unspecified atom stereocenters. The van der Waals surface area contributed by atoms with Gasteiger partial charge in [0.15, 0.2) is 5.78 Å². The predicted octanol–water partition coefficient (Wildman–Crippen LogP) is 2.74. The van der Waals surface area contributed by atoms with Gasteiger partial charge in [-0.1, -0.05) is 42.5 Å². The van der Waals surface area contributed by atoms with Gasteiger partial charge in [-0.15, -0.1) is 0 Å². The van der Waals surface area contributed by atoms with E-state index in [2.05, 4.69) is 0 Å². The number of allylic oxidation sites excluding steroid dienone is 1. The Kier molecular flexibility index (Phi) is 4.19. The van der Waals surface area contributed by atoms with Crippen molar-refractivity contribution in [1.29, 1.82) is 0 Å². The lowest BCUT2D eigenvalue weighted by Crippen LogP contribution is -1.95. The molecule has 2 aromatic rings. The molecule has 19 heavy (non-hydrogen) atoms. The van der Waals surface area contributed by atoms with Crippen LogP contribution in [0.15, 0.2) is 54.6 Å². The zero-order valence-corrected chi connectivity index (χ0v) is 11.1. The topological polar surface area (TPSA) is 26.3 Å². The Bertz CT molecular complexity index is 586. The third-order valence-corrected chi connectivity index (χ3v) is 2.89. The molecule has 0 aliphatic rings. The van der Waals surface area contributed by atoms with Crippen molar-refractivity contribution in [3.63, 3.8) is 0 Å². The van der Waals surface area contributed by atoms with E-state index in [9.17, 15) is 4.79 Å². The van der Waals surface area contributed by atoms with Crippen molar-refractivity contribution in [2.24, 2.45) is 0 Å². The number of hydrogen-bond acceptors (Lipinski definition) is 2. The SMILES string of the molecule is BOc1ccc(C=C(C(C)=O)c2ccccc2)cc1. The fourth-order valence-electron chi connectivity index (χ4n) is 1.87. The molecule has 2 aromatic carbocycles. The third-order valence-electron chi connectivity index (χ3n) is 2.89. The lowest BCUT2D eigenvalue weighted by atomic mass is 10.00. The molecule has 0 heterocycles. The highest BCUT2D eigenvalue weighted by molar-refractivity contribution is 6.24. The molecule has 2 rings (SSSR count). The number of ketones is 1. The molecular formula is C16H15BO2. The fourth-order valence-corrected chi connectivity index (χ4v) is 1.87. The number of hydrogen-bond donors (Lipinski definition) is 0. The lowest BCUT2D eigenvalue weighted by Gasteiger charge is -2.05. The van der Waals surface area contributed by atoms with Gasteiger partial charge < -0.3 is 4.65 Å². The van der Waals surface area contributed by atoms with Crippen LogP contribution in [0.2, 0.25) is 0 Å². The highest BCUT2D eigenvalue weighted by Crippen LogP contribution is 2.20. The van der Waals surface area contributed by atoms with Crippen LogP contribution in [-0.2, 0) is 4.79 Å². The second-order valence-corrected chi connectivity index (χ2v) is 4.25. The molecule has 0 spiro atoms. The van der Waals surface area contributed by atoms with Gasteiger partial charge in [-0.25, -0.2) is 0 Å². The molecule has 0 aromatic heterocycles. The van der Waals surface area contributed by atoms with E-state index in [0.29, 0.717) is 5.57 Å². The van der Waals surface area contributed by atoms with Gasteiger partial charge in [0, 0.05) is 5.57 Å². The van der Waals surface area contributed by atoms with Crippen molar-refractivity contribution in [2.75, 3.05) is 0 Å². The van der Waals surface area contributed by atoms with Crippen molar-refractivity contribution in [2.45, 2.75) is 6.92 Å². The average molecular weight is 250 g/mol. The first kappa shape index (κ1) is 13.2. The van der Waals surface area contributed by atoms with Gasteiger partial charge >= 0.3 is 8.05 Å². The van der Waals surface area contributed by atoms with Gasteiger partial charge in [0.1, 0.15) is 0 Å². The van der Waals surface area contributed by atoms with Gasteiger partial charge in [0.05, 0.1) is 5.75 Å². The van der Waals surface area contributed by atoms with Gasteiger partial charge in [0.25, 0.3) is 0 Å².